The zero-order valence-electron chi connectivity index (χ0n) is 11.0. The molecule has 1 saturated carbocycles. The first-order chi connectivity index (χ1) is 8.72. The summed E-state index contributed by atoms with van der Waals surface area (Å²) in [6.07, 6.45) is 6.61. The van der Waals surface area contributed by atoms with Crippen LogP contribution in [0.1, 0.15) is 42.8 Å². The Hall–Kier alpha value is -1.16. The van der Waals surface area contributed by atoms with Crippen LogP contribution in [0.25, 0.3) is 10.2 Å². The molecular formula is C14H19N3S. The number of thiophene rings is 1. The molecule has 0 radical (unpaired) electrons. The third-order valence-electron chi connectivity index (χ3n) is 3.57. The van der Waals surface area contributed by atoms with Gasteiger partial charge in [0, 0.05) is 10.9 Å². The predicted octanol–water partition coefficient (Wildman–Crippen LogP) is 4.05. The van der Waals surface area contributed by atoms with Crippen molar-refractivity contribution in [3.05, 3.63) is 16.8 Å². The zero-order valence-corrected chi connectivity index (χ0v) is 11.8. The molecule has 0 saturated heterocycles. The van der Waals surface area contributed by atoms with Crippen LogP contribution in [0.2, 0.25) is 0 Å². The molecule has 0 spiro atoms. The molecule has 0 aromatic carbocycles. The molecule has 0 atom stereocenters. The Morgan fingerprint density at radius 1 is 1.17 bits per heavy atom. The summed E-state index contributed by atoms with van der Waals surface area (Å²) in [7, 11) is 0. The van der Waals surface area contributed by atoms with Gasteiger partial charge in [0.25, 0.3) is 0 Å². The lowest BCUT2D eigenvalue weighted by Gasteiger charge is -2.23. The highest BCUT2D eigenvalue weighted by atomic mass is 32.1. The van der Waals surface area contributed by atoms with E-state index in [0.717, 1.165) is 16.5 Å². The second-order valence-corrected chi connectivity index (χ2v) is 6.41. The molecule has 4 heteroatoms. The first-order valence-corrected chi connectivity index (χ1v) is 7.55. The zero-order chi connectivity index (χ0) is 12.5. The van der Waals surface area contributed by atoms with Gasteiger partial charge in [0.2, 0.25) is 0 Å². The quantitative estimate of drug-likeness (QED) is 0.886. The number of fused-ring (bicyclic) bond motifs is 1. The molecule has 1 aliphatic rings. The third-order valence-corrected chi connectivity index (χ3v) is 4.52. The van der Waals surface area contributed by atoms with E-state index >= 15 is 0 Å². The van der Waals surface area contributed by atoms with Crippen molar-refractivity contribution in [3.63, 3.8) is 0 Å². The highest BCUT2D eigenvalue weighted by Gasteiger charge is 2.16. The van der Waals surface area contributed by atoms with Gasteiger partial charge in [-0.3, -0.25) is 0 Å². The van der Waals surface area contributed by atoms with E-state index in [9.17, 15) is 0 Å². The smallest absolute Gasteiger partial charge is 0.138 e. The summed E-state index contributed by atoms with van der Waals surface area (Å²) >= 11 is 1.75. The van der Waals surface area contributed by atoms with Crippen molar-refractivity contribution < 1.29 is 0 Å². The van der Waals surface area contributed by atoms with Gasteiger partial charge in [-0.05, 0) is 32.8 Å². The largest absolute Gasteiger partial charge is 0.367 e. The summed E-state index contributed by atoms with van der Waals surface area (Å²) in [4.78, 5) is 11.5. The molecule has 0 amide bonds. The van der Waals surface area contributed by atoms with Crippen LogP contribution in [0.15, 0.2) is 6.07 Å². The maximum Gasteiger partial charge on any atom is 0.138 e. The summed E-state index contributed by atoms with van der Waals surface area (Å²) in [6, 6.07) is 2.79. The van der Waals surface area contributed by atoms with Crippen LogP contribution in [0.5, 0.6) is 0 Å². The second kappa shape index (κ2) is 4.84. The minimum absolute atomic E-state index is 0.594. The first-order valence-electron chi connectivity index (χ1n) is 6.74. The number of aromatic nitrogens is 2. The Kier molecular flexibility index (Phi) is 3.20. The number of aryl methyl sites for hydroxylation is 2. The minimum atomic E-state index is 0.594. The Bertz CT molecular complexity index is 555. The van der Waals surface area contributed by atoms with Crippen molar-refractivity contribution in [1.29, 1.82) is 0 Å². The summed E-state index contributed by atoms with van der Waals surface area (Å²) in [5.74, 6) is 1.90. The van der Waals surface area contributed by atoms with Crippen LogP contribution in [0, 0.1) is 13.8 Å². The molecule has 2 heterocycles. The van der Waals surface area contributed by atoms with Crippen LogP contribution in [-0.4, -0.2) is 16.0 Å². The number of anilines is 1. The van der Waals surface area contributed by atoms with Crippen molar-refractivity contribution in [3.8, 4) is 0 Å². The molecule has 18 heavy (non-hydrogen) atoms. The molecule has 1 fully saturated rings. The van der Waals surface area contributed by atoms with Crippen LogP contribution in [-0.2, 0) is 0 Å². The number of hydrogen-bond acceptors (Lipinski definition) is 4. The Morgan fingerprint density at radius 3 is 2.72 bits per heavy atom. The monoisotopic (exact) mass is 261 g/mol. The molecule has 96 valence electrons. The Balaban J connectivity index is 1.94. The SMILES string of the molecule is Cc1nc(NC2CCCCC2)c2cc(C)sc2n1. The molecular weight excluding hydrogens is 242 g/mol. The summed E-state index contributed by atoms with van der Waals surface area (Å²) in [5, 5.41) is 4.82. The number of nitrogens with zero attached hydrogens (tertiary/aromatic N) is 2. The van der Waals surface area contributed by atoms with Gasteiger partial charge in [-0.1, -0.05) is 19.3 Å². The van der Waals surface area contributed by atoms with Crippen molar-refractivity contribution >= 4 is 27.4 Å². The van der Waals surface area contributed by atoms with Gasteiger partial charge in [-0.25, -0.2) is 9.97 Å². The molecule has 0 bridgehead atoms. The fourth-order valence-electron chi connectivity index (χ4n) is 2.70. The minimum Gasteiger partial charge on any atom is -0.367 e. The Labute approximate surface area is 112 Å². The Morgan fingerprint density at radius 2 is 1.94 bits per heavy atom. The van der Waals surface area contributed by atoms with Crippen LogP contribution < -0.4 is 5.32 Å². The van der Waals surface area contributed by atoms with E-state index in [2.05, 4.69) is 28.3 Å². The molecule has 1 aliphatic carbocycles. The van der Waals surface area contributed by atoms with E-state index in [-0.39, 0.29) is 0 Å². The second-order valence-electron chi connectivity index (χ2n) is 5.17. The molecule has 0 unspecified atom stereocenters. The third kappa shape index (κ3) is 2.34. The fraction of sp³-hybridized carbons (Fsp3) is 0.571. The van der Waals surface area contributed by atoms with Gasteiger partial charge in [-0.15, -0.1) is 11.3 Å². The average molecular weight is 261 g/mol. The number of rotatable bonds is 2. The van der Waals surface area contributed by atoms with Crippen LogP contribution >= 0.6 is 11.3 Å². The van der Waals surface area contributed by atoms with Gasteiger partial charge in [-0.2, -0.15) is 0 Å². The van der Waals surface area contributed by atoms with Gasteiger partial charge >= 0.3 is 0 Å². The standard InChI is InChI=1S/C14H19N3S/c1-9-8-12-13(15-10(2)16-14(12)18-9)17-11-6-4-3-5-7-11/h8,11H,3-7H2,1-2H3,(H,15,16,17). The maximum absolute atomic E-state index is 4.59. The number of nitrogens with one attached hydrogen (secondary N) is 1. The van der Waals surface area contributed by atoms with Gasteiger partial charge in [0.05, 0.1) is 5.39 Å². The van der Waals surface area contributed by atoms with E-state index < -0.39 is 0 Å². The molecule has 3 nitrogen and oxygen atoms in total. The molecule has 0 aliphatic heterocycles. The van der Waals surface area contributed by atoms with Crippen molar-refractivity contribution in [2.75, 3.05) is 5.32 Å². The molecule has 1 N–H and O–H groups in total. The van der Waals surface area contributed by atoms with Gasteiger partial charge < -0.3 is 5.32 Å². The topological polar surface area (TPSA) is 37.8 Å². The van der Waals surface area contributed by atoms with E-state index in [4.69, 9.17) is 0 Å². The predicted molar refractivity (Wildman–Crippen MR) is 77.4 cm³/mol. The van der Waals surface area contributed by atoms with Crippen LogP contribution in [0.3, 0.4) is 0 Å². The molecule has 2 aromatic heterocycles. The van der Waals surface area contributed by atoms with Crippen molar-refractivity contribution in [1.82, 2.24) is 9.97 Å². The van der Waals surface area contributed by atoms with Gasteiger partial charge in [0.1, 0.15) is 16.5 Å². The lowest BCUT2D eigenvalue weighted by atomic mass is 9.95. The first kappa shape index (κ1) is 11.9. The lowest BCUT2D eigenvalue weighted by molar-refractivity contribution is 0.462. The van der Waals surface area contributed by atoms with E-state index in [1.54, 1.807) is 11.3 Å². The highest BCUT2D eigenvalue weighted by Crippen LogP contribution is 2.30. The maximum atomic E-state index is 4.59. The summed E-state index contributed by atoms with van der Waals surface area (Å²) in [6.45, 7) is 4.10. The van der Waals surface area contributed by atoms with E-state index in [1.807, 2.05) is 6.92 Å². The normalized spacial score (nSPS) is 17.2. The number of hydrogen-bond donors (Lipinski definition) is 1. The van der Waals surface area contributed by atoms with Crippen molar-refractivity contribution in [2.45, 2.75) is 52.0 Å². The highest BCUT2D eigenvalue weighted by molar-refractivity contribution is 7.18. The van der Waals surface area contributed by atoms with E-state index in [0.29, 0.717) is 6.04 Å². The van der Waals surface area contributed by atoms with Crippen LogP contribution in [0.4, 0.5) is 5.82 Å². The van der Waals surface area contributed by atoms with E-state index in [1.165, 1.54) is 42.4 Å². The molecule has 3 rings (SSSR count). The fourth-order valence-corrected chi connectivity index (χ4v) is 3.62. The lowest BCUT2D eigenvalue weighted by Crippen LogP contribution is -2.23. The summed E-state index contributed by atoms with van der Waals surface area (Å²) < 4.78 is 0. The molecule has 2 aromatic rings. The average Bonchev–Trinajstić information content (AvgIpc) is 2.71. The summed E-state index contributed by atoms with van der Waals surface area (Å²) in [5.41, 5.74) is 0. The van der Waals surface area contributed by atoms with Gasteiger partial charge in [0.15, 0.2) is 0 Å². The van der Waals surface area contributed by atoms with Crippen molar-refractivity contribution in [2.24, 2.45) is 0 Å².